The minimum absolute atomic E-state index is 0.342. The number of aliphatic hydroxyl groups excluding tert-OH is 1. The van der Waals surface area contributed by atoms with Crippen LogP contribution in [0.5, 0.6) is 0 Å². The molecule has 0 aromatic carbocycles. The van der Waals surface area contributed by atoms with Crippen molar-refractivity contribution < 1.29 is 5.11 Å². The van der Waals surface area contributed by atoms with Gasteiger partial charge in [-0.1, -0.05) is 0 Å². The summed E-state index contributed by atoms with van der Waals surface area (Å²) in [7, 11) is 0. The molecule has 0 bridgehead atoms. The molecule has 0 saturated carbocycles. The molecule has 0 radical (unpaired) electrons. The van der Waals surface area contributed by atoms with Gasteiger partial charge in [0.25, 0.3) is 0 Å². The van der Waals surface area contributed by atoms with Crippen LogP contribution in [0.25, 0.3) is 0 Å². The van der Waals surface area contributed by atoms with E-state index in [-0.39, 0.29) is 0 Å². The van der Waals surface area contributed by atoms with Gasteiger partial charge in [0, 0.05) is 18.3 Å². The van der Waals surface area contributed by atoms with Gasteiger partial charge in [-0.25, -0.2) is 0 Å². The zero-order valence-electron chi connectivity index (χ0n) is 7.12. The summed E-state index contributed by atoms with van der Waals surface area (Å²) < 4.78 is 0. The number of nitrogens with zero attached hydrogens (tertiary/aromatic N) is 1. The number of likely N-dealkylation sites (tertiary alicyclic amines) is 1. The SMILES string of the molecule is CSCCN1CCCC1CO. The molecule has 1 saturated heterocycles. The zero-order valence-corrected chi connectivity index (χ0v) is 7.94. The fourth-order valence-electron chi connectivity index (χ4n) is 1.60. The first-order chi connectivity index (χ1) is 5.38. The van der Waals surface area contributed by atoms with E-state index in [0.717, 1.165) is 6.54 Å². The Hall–Kier alpha value is 0.270. The molecule has 11 heavy (non-hydrogen) atoms. The largest absolute Gasteiger partial charge is 0.395 e. The fourth-order valence-corrected chi connectivity index (χ4v) is 2.02. The van der Waals surface area contributed by atoms with Gasteiger partial charge in [0.15, 0.2) is 0 Å². The Kier molecular flexibility index (Phi) is 4.26. The van der Waals surface area contributed by atoms with Crippen LogP contribution in [0.3, 0.4) is 0 Å². The van der Waals surface area contributed by atoms with Crippen LogP contribution in [-0.4, -0.2) is 47.8 Å². The Morgan fingerprint density at radius 1 is 1.64 bits per heavy atom. The molecule has 0 aromatic heterocycles. The van der Waals surface area contributed by atoms with E-state index in [9.17, 15) is 0 Å². The maximum Gasteiger partial charge on any atom is 0.0586 e. The minimum atomic E-state index is 0.342. The molecule has 0 aromatic rings. The van der Waals surface area contributed by atoms with Crippen molar-refractivity contribution in [3.63, 3.8) is 0 Å². The van der Waals surface area contributed by atoms with Crippen molar-refractivity contribution in [1.82, 2.24) is 4.90 Å². The minimum Gasteiger partial charge on any atom is -0.395 e. The van der Waals surface area contributed by atoms with Crippen LogP contribution in [0.4, 0.5) is 0 Å². The van der Waals surface area contributed by atoms with Crippen LogP contribution in [0, 0.1) is 0 Å². The molecule has 0 spiro atoms. The normalized spacial score (nSPS) is 26.2. The van der Waals surface area contributed by atoms with Crippen molar-refractivity contribution >= 4 is 11.8 Å². The van der Waals surface area contributed by atoms with Crippen LogP contribution >= 0.6 is 11.8 Å². The molecule has 1 rings (SSSR count). The molecule has 1 unspecified atom stereocenters. The lowest BCUT2D eigenvalue weighted by molar-refractivity contribution is 0.165. The van der Waals surface area contributed by atoms with Gasteiger partial charge in [0.05, 0.1) is 6.61 Å². The summed E-state index contributed by atoms with van der Waals surface area (Å²) in [5.74, 6) is 1.19. The summed E-state index contributed by atoms with van der Waals surface area (Å²) in [5, 5.41) is 8.99. The van der Waals surface area contributed by atoms with Crippen molar-refractivity contribution in [3.8, 4) is 0 Å². The average molecular weight is 175 g/mol. The van der Waals surface area contributed by atoms with E-state index in [1.165, 1.54) is 25.1 Å². The highest BCUT2D eigenvalue weighted by Gasteiger charge is 2.22. The standard InChI is InChI=1S/C8H17NOS/c1-11-6-5-9-4-2-3-8(9)7-10/h8,10H,2-7H2,1H3. The Morgan fingerprint density at radius 2 is 2.45 bits per heavy atom. The molecule has 1 fully saturated rings. The summed E-state index contributed by atoms with van der Waals surface area (Å²) in [6, 6.07) is 0.460. The number of thioether (sulfide) groups is 1. The predicted molar refractivity (Wildman–Crippen MR) is 50.1 cm³/mol. The quantitative estimate of drug-likeness (QED) is 0.684. The molecule has 1 aliphatic rings. The number of hydrogen-bond acceptors (Lipinski definition) is 3. The lowest BCUT2D eigenvalue weighted by Gasteiger charge is -2.21. The van der Waals surface area contributed by atoms with Gasteiger partial charge in [-0.2, -0.15) is 11.8 Å². The van der Waals surface area contributed by atoms with Crippen molar-refractivity contribution in [2.45, 2.75) is 18.9 Å². The van der Waals surface area contributed by atoms with E-state index < -0.39 is 0 Å². The second kappa shape index (κ2) is 5.01. The van der Waals surface area contributed by atoms with E-state index >= 15 is 0 Å². The first-order valence-corrected chi connectivity index (χ1v) is 5.61. The molecule has 66 valence electrons. The Morgan fingerprint density at radius 3 is 3.09 bits per heavy atom. The fraction of sp³-hybridized carbons (Fsp3) is 1.00. The lowest BCUT2D eigenvalue weighted by atomic mass is 10.2. The third kappa shape index (κ3) is 2.65. The molecule has 1 heterocycles. The van der Waals surface area contributed by atoms with Gasteiger partial charge in [0.1, 0.15) is 0 Å². The van der Waals surface area contributed by atoms with E-state index in [1.54, 1.807) is 0 Å². The van der Waals surface area contributed by atoms with E-state index in [2.05, 4.69) is 11.2 Å². The molecular weight excluding hydrogens is 158 g/mol. The van der Waals surface area contributed by atoms with Crippen LogP contribution in [-0.2, 0) is 0 Å². The molecule has 1 N–H and O–H groups in total. The highest BCUT2D eigenvalue weighted by Crippen LogP contribution is 2.16. The van der Waals surface area contributed by atoms with Crippen molar-refractivity contribution in [3.05, 3.63) is 0 Å². The predicted octanol–water partition coefficient (Wildman–Crippen LogP) is 0.806. The number of hydrogen-bond donors (Lipinski definition) is 1. The zero-order chi connectivity index (χ0) is 8.10. The molecule has 3 heteroatoms. The topological polar surface area (TPSA) is 23.5 Å². The Balaban J connectivity index is 2.20. The van der Waals surface area contributed by atoms with Crippen LogP contribution in [0.15, 0.2) is 0 Å². The van der Waals surface area contributed by atoms with E-state index in [4.69, 9.17) is 5.11 Å². The highest BCUT2D eigenvalue weighted by atomic mass is 32.2. The molecule has 1 aliphatic heterocycles. The van der Waals surface area contributed by atoms with Gasteiger partial charge < -0.3 is 5.11 Å². The Labute approximate surface area is 73.0 Å². The van der Waals surface area contributed by atoms with Crippen molar-refractivity contribution in [1.29, 1.82) is 0 Å². The monoisotopic (exact) mass is 175 g/mol. The third-order valence-corrected chi connectivity index (χ3v) is 2.88. The van der Waals surface area contributed by atoms with E-state index in [1.807, 2.05) is 11.8 Å². The van der Waals surface area contributed by atoms with Crippen LogP contribution < -0.4 is 0 Å². The van der Waals surface area contributed by atoms with Crippen LogP contribution in [0.1, 0.15) is 12.8 Å². The first-order valence-electron chi connectivity index (χ1n) is 4.22. The second-order valence-electron chi connectivity index (χ2n) is 3.01. The van der Waals surface area contributed by atoms with Gasteiger partial charge in [-0.3, -0.25) is 4.90 Å². The maximum absolute atomic E-state index is 8.99. The third-order valence-electron chi connectivity index (χ3n) is 2.29. The number of aliphatic hydroxyl groups is 1. The van der Waals surface area contributed by atoms with Gasteiger partial charge in [0.2, 0.25) is 0 Å². The summed E-state index contributed by atoms with van der Waals surface area (Å²) in [4.78, 5) is 2.40. The highest BCUT2D eigenvalue weighted by molar-refractivity contribution is 7.98. The summed E-state index contributed by atoms with van der Waals surface area (Å²) in [6.07, 6.45) is 4.58. The first kappa shape index (κ1) is 9.36. The molecule has 0 amide bonds. The van der Waals surface area contributed by atoms with Gasteiger partial charge in [-0.15, -0.1) is 0 Å². The molecule has 2 nitrogen and oxygen atoms in total. The second-order valence-corrected chi connectivity index (χ2v) is 3.99. The average Bonchev–Trinajstić information content (AvgIpc) is 2.47. The van der Waals surface area contributed by atoms with Crippen molar-refractivity contribution in [2.75, 3.05) is 31.7 Å². The van der Waals surface area contributed by atoms with Crippen LogP contribution in [0.2, 0.25) is 0 Å². The molecular formula is C8H17NOS. The summed E-state index contributed by atoms with van der Waals surface area (Å²) in [6.45, 7) is 2.67. The maximum atomic E-state index is 8.99. The Bertz CT molecular complexity index is 110. The number of rotatable bonds is 4. The van der Waals surface area contributed by atoms with E-state index in [0.29, 0.717) is 12.6 Å². The van der Waals surface area contributed by atoms with Crippen molar-refractivity contribution in [2.24, 2.45) is 0 Å². The summed E-state index contributed by atoms with van der Waals surface area (Å²) >= 11 is 1.88. The lowest BCUT2D eigenvalue weighted by Crippen LogP contribution is -2.33. The van der Waals surface area contributed by atoms with Gasteiger partial charge >= 0.3 is 0 Å². The molecule has 0 aliphatic carbocycles. The molecule has 1 atom stereocenters. The smallest absolute Gasteiger partial charge is 0.0586 e. The summed E-state index contributed by atoms with van der Waals surface area (Å²) in [5.41, 5.74) is 0. The van der Waals surface area contributed by atoms with Gasteiger partial charge in [-0.05, 0) is 25.6 Å².